The van der Waals surface area contributed by atoms with Gasteiger partial charge in [0.2, 0.25) is 0 Å². The van der Waals surface area contributed by atoms with Gasteiger partial charge in [0.1, 0.15) is 0 Å². The molecule has 2 aromatic rings. The Morgan fingerprint density at radius 3 is 2.33 bits per heavy atom. The number of hydrogen-bond acceptors (Lipinski definition) is 4. The molecule has 2 aromatic carbocycles. The molecule has 0 spiro atoms. The van der Waals surface area contributed by atoms with Gasteiger partial charge in [-0.1, -0.05) is 37.6 Å². The smallest absolute Gasteiger partial charge is 0.0935 e. The van der Waals surface area contributed by atoms with Crippen LogP contribution in [0.3, 0.4) is 0 Å². The van der Waals surface area contributed by atoms with E-state index in [9.17, 15) is 0 Å². The van der Waals surface area contributed by atoms with E-state index >= 15 is 0 Å². The van der Waals surface area contributed by atoms with Gasteiger partial charge in [0.05, 0.1) is 28.9 Å². The van der Waals surface area contributed by atoms with Gasteiger partial charge in [-0.3, -0.25) is 0 Å². The summed E-state index contributed by atoms with van der Waals surface area (Å²) in [6, 6.07) is 13.8. The predicted octanol–water partition coefficient (Wildman–Crippen LogP) is 3.67. The van der Waals surface area contributed by atoms with Gasteiger partial charge in [-0.25, -0.2) is 0 Å². The van der Waals surface area contributed by atoms with Gasteiger partial charge in [0, 0.05) is 0 Å². The minimum atomic E-state index is 0.0221. The third-order valence-corrected chi connectivity index (χ3v) is 3.42. The van der Waals surface area contributed by atoms with Crippen LogP contribution in [0.2, 0.25) is 0 Å². The summed E-state index contributed by atoms with van der Waals surface area (Å²) in [6.45, 7) is 4.19. The summed E-state index contributed by atoms with van der Waals surface area (Å²) in [5, 5.41) is 6.74. The second-order valence-electron chi connectivity index (χ2n) is 5.23. The van der Waals surface area contributed by atoms with E-state index in [4.69, 9.17) is 11.5 Å². The number of para-hydroxylation sites is 3. The van der Waals surface area contributed by atoms with Crippen LogP contribution in [0.4, 0.5) is 22.7 Å². The fourth-order valence-corrected chi connectivity index (χ4v) is 2.36. The molecule has 0 aromatic heterocycles. The highest BCUT2D eigenvalue weighted by atomic mass is 15.1. The summed E-state index contributed by atoms with van der Waals surface area (Å²) in [5.74, 6) is 0. The number of benzene rings is 2. The maximum atomic E-state index is 6.23. The van der Waals surface area contributed by atoms with Crippen molar-refractivity contribution in [1.29, 1.82) is 0 Å². The summed E-state index contributed by atoms with van der Waals surface area (Å²) in [7, 11) is 0. The topological polar surface area (TPSA) is 76.1 Å². The summed E-state index contributed by atoms with van der Waals surface area (Å²) in [4.78, 5) is 0. The fourth-order valence-electron chi connectivity index (χ4n) is 2.36. The van der Waals surface area contributed by atoms with Crippen LogP contribution in [0.5, 0.6) is 0 Å². The molecule has 0 amide bonds. The zero-order chi connectivity index (χ0) is 15.2. The minimum absolute atomic E-state index is 0.0221. The van der Waals surface area contributed by atoms with Crippen molar-refractivity contribution in [2.24, 2.45) is 0 Å². The molecule has 6 N–H and O–H groups in total. The normalized spacial score (nSPS) is 11.9. The average Bonchev–Trinajstić information content (AvgIpc) is 2.46. The fraction of sp³-hybridized carbons (Fsp3) is 0.294. The van der Waals surface area contributed by atoms with Gasteiger partial charge in [-0.2, -0.15) is 0 Å². The van der Waals surface area contributed by atoms with E-state index in [0.717, 1.165) is 35.6 Å². The molecular weight excluding hydrogens is 260 g/mol. The molecule has 0 radical (unpaired) electrons. The molecule has 2 rings (SSSR count). The zero-order valence-electron chi connectivity index (χ0n) is 12.7. The van der Waals surface area contributed by atoms with E-state index in [0.29, 0.717) is 0 Å². The van der Waals surface area contributed by atoms with Crippen LogP contribution in [-0.2, 0) is 6.42 Å². The van der Waals surface area contributed by atoms with Gasteiger partial charge in [0.25, 0.3) is 0 Å². The number of nitrogens with two attached hydrogens (primary N) is 2. The van der Waals surface area contributed by atoms with Gasteiger partial charge in [-0.15, -0.1) is 0 Å². The first-order valence-electron chi connectivity index (χ1n) is 7.36. The second kappa shape index (κ2) is 6.88. The molecule has 0 fully saturated rings. The molecule has 0 aliphatic rings. The number of aryl methyl sites for hydroxylation is 1. The maximum absolute atomic E-state index is 6.23. The van der Waals surface area contributed by atoms with Gasteiger partial charge in [0.15, 0.2) is 0 Å². The predicted molar refractivity (Wildman–Crippen MR) is 92.4 cm³/mol. The van der Waals surface area contributed by atoms with Crippen molar-refractivity contribution in [2.45, 2.75) is 32.9 Å². The number of nitrogen functional groups attached to an aromatic ring is 2. The Labute approximate surface area is 126 Å². The Hall–Kier alpha value is -2.36. The third-order valence-electron chi connectivity index (χ3n) is 3.42. The van der Waals surface area contributed by atoms with E-state index in [1.165, 1.54) is 5.56 Å². The molecule has 0 aliphatic heterocycles. The van der Waals surface area contributed by atoms with E-state index in [1.54, 1.807) is 0 Å². The molecule has 1 atom stereocenters. The number of rotatable bonds is 6. The Bertz CT molecular complexity index is 595. The van der Waals surface area contributed by atoms with Crippen LogP contribution in [0.15, 0.2) is 42.5 Å². The van der Waals surface area contributed by atoms with Crippen LogP contribution in [0.1, 0.15) is 25.8 Å². The number of nitrogens with one attached hydrogen (secondary N) is 2. The Morgan fingerprint density at radius 1 is 0.952 bits per heavy atom. The first kappa shape index (κ1) is 15.0. The zero-order valence-corrected chi connectivity index (χ0v) is 12.7. The highest BCUT2D eigenvalue weighted by molar-refractivity contribution is 5.71. The van der Waals surface area contributed by atoms with Crippen molar-refractivity contribution >= 4 is 22.7 Å². The van der Waals surface area contributed by atoms with Crippen molar-refractivity contribution in [3.63, 3.8) is 0 Å². The summed E-state index contributed by atoms with van der Waals surface area (Å²) >= 11 is 0. The van der Waals surface area contributed by atoms with Crippen LogP contribution < -0.4 is 22.1 Å². The van der Waals surface area contributed by atoms with Crippen molar-refractivity contribution < 1.29 is 0 Å². The maximum Gasteiger partial charge on any atom is 0.0935 e. The highest BCUT2D eigenvalue weighted by Crippen LogP contribution is 2.25. The molecule has 0 saturated carbocycles. The van der Waals surface area contributed by atoms with Crippen LogP contribution in [0, 0.1) is 0 Å². The second-order valence-corrected chi connectivity index (χ2v) is 5.23. The molecule has 21 heavy (non-hydrogen) atoms. The summed E-state index contributed by atoms with van der Waals surface area (Å²) in [5.41, 5.74) is 16.8. The quantitative estimate of drug-likeness (QED) is 0.482. The lowest BCUT2D eigenvalue weighted by Gasteiger charge is -2.21. The molecule has 0 saturated heterocycles. The van der Waals surface area contributed by atoms with Crippen LogP contribution in [0.25, 0.3) is 0 Å². The summed E-state index contributed by atoms with van der Waals surface area (Å²) in [6.07, 6.45) is 2.10. The minimum Gasteiger partial charge on any atom is -0.397 e. The van der Waals surface area contributed by atoms with E-state index < -0.39 is 0 Å². The van der Waals surface area contributed by atoms with E-state index in [-0.39, 0.29) is 6.17 Å². The van der Waals surface area contributed by atoms with E-state index in [2.05, 4.69) is 23.6 Å². The highest BCUT2D eigenvalue weighted by Gasteiger charge is 2.08. The van der Waals surface area contributed by atoms with Crippen molar-refractivity contribution in [3.8, 4) is 0 Å². The number of hydrogen-bond donors (Lipinski definition) is 4. The average molecular weight is 284 g/mol. The third kappa shape index (κ3) is 3.81. The molecule has 0 bridgehead atoms. The monoisotopic (exact) mass is 284 g/mol. The Balaban J connectivity index is 2.08. The van der Waals surface area contributed by atoms with Gasteiger partial charge in [-0.05, 0) is 37.1 Å². The Kier molecular flexibility index (Phi) is 4.93. The lowest BCUT2D eigenvalue weighted by atomic mass is 10.1. The molecule has 0 aliphatic carbocycles. The molecular formula is C17H24N4. The number of anilines is 4. The first-order chi connectivity index (χ1) is 10.1. The molecule has 4 nitrogen and oxygen atoms in total. The molecule has 4 heteroatoms. The van der Waals surface area contributed by atoms with Gasteiger partial charge < -0.3 is 22.1 Å². The first-order valence-corrected chi connectivity index (χ1v) is 7.36. The molecule has 0 heterocycles. The van der Waals surface area contributed by atoms with Crippen LogP contribution in [-0.4, -0.2) is 6.17 Å². The van der Waals surface area contributed by atoms with Crippen molar-refractivity contribution in [3.05, 3.63) is 48.0 Å². The SMILES string of the molecule is CCCc1cccc(NC(C)Nc2ccccc2N)c1N. The molecule has 1 unspecified atom stereocenters. The van der Waals surface area contributed by atoms with Crippen LogP contribution >= 0.6 is 0 Å². The van der Waals surface area contributed by atoms with Crippen molar-refractivity contribution in [1.82, 2.24) is 0 Å². The largest absolute Gasteiger partial charge is 0.397 e. The Morgan fingerprint density at radius 2 is 1.62 bits per heavy atom. The van der Waals surface area contributed by atoms with E-state index in [1.807, 2.05) is 43.3 Å². The lowest BCUT2D eigenvalue weighted by Crippen LogP contribution is -2.26. The van der Waals surface area contributed by atoms with Crippen molar-refractivity contribution in [2.75, 3.05) is 22.1 Å². The van der Waals surface area contributed by atoms with Gasteiger partial charge >= 0.3 is 0 Å². The standard InChI is InChI=1S/C17H24N4/c1-3-7-13-8-6-11-16(17(13)19)21-12(2)20-15-10-5-4-9-14(15)18/h4-6,8-12,20-21H,3,7,18-19H2,1-2H3. The lowest BCUT2D eigenvalue weighted by molar-refractivity contribution is 0.908. The molecule has 112 valence electrons. The summed E-state index contributed by atoms with van der Waals surface area (Å²) < 4.78 is 0.